The van der Waals surface area contributed by atoms with Crippen LogP contribution < -0.4 is 5.32 Å². The SMILES string of the molecule is C[C@H](NCc1nnc(-c2ccccc2)s1)[C@H]1CCCO1. The summed E-state index contributed by atoms with van der Waals surface area (Å²) in [6, 6.07) is 10.5. The fourth-order valence-corrected chi connectivity index (χ4v) is 3.19. The Bertz CT molecular complexity index is 537. The summed E-state index contributed by atoms with van der Waals surface area (Å²) < 4.78 is 5.68. The molecule has 2 atom stereocenters. The molecule has 2 heterocycles. The minimum absolute atomic E-state index is 0.344. The fourth-order valence-electron chi connectivity index (χ4n) is 2.40. The Hall–Kier alpha value is -1.30. The number of rotatable bonds is 5. The third-order valence-electron chi connectivity index (χ3n) is 3.59. The highest BCUT2D eigenvalue weighted by Gasteiger charge is 2.22. The average Bonchev–Trinajstić information content (AvgIpc) is 3.17. The first kappa shape index (κ1) is 13.7. The molecule has 1 aliphatic rings. The van der Waals surface area contributed by atoms with Crippen molar-refractivity contribution in [2.45, 2.75) is 38.5 Å². The molecule has 0 unspecified atom stereocenters. The number of hydrogen-bond donors (Lipinski definition) is 1. The molecule has 0 amide bonds. The van der Waals surface area contributed by atoms with Gasteiger partial charge in [0.1, 0.15) is 10.0 Å². The standard InChI is InChI=1S/C15H19N3OS/c1-11(13-8-5-9-19-13)16-10-14-17-18-15(20-14)12-6-3-2-4-7-12/h2-4,6-7,11,13,16H,5,8-10H2,1H3/t11-,13+/m0/s1. The minimum atomic E-state index is 0.344. The summed E-state index contributed by atoms with van der Waals surface area (Å²) in [5.41, 5.74) is 1.13. The highest BCUT2D eigenvalue weighted by atomic mass is 32.1. The first-order valence-corrected chi connectivity index (χ1v) is 7.87. The Morgan fingerprint density at radius 1 is 1.35 bits per heavy atom. The van der Waals surface area contributed by atoms with E-state index in [0.717, 1.165) is 35.2 Å². The Kier molecular flexibility index (Phi) is 4.40. The van der Waals surface area contributed by atoms with E-state index in [1.807, 2.05) is 18.2 Å². The lowest BCUT2D eigenvalue weighted by Crippen LogP contribution is -2.36. The van der Waals surface area contributed by atoms with Crippen molar-refractivity contribution in [1.82, 2.24) is 15.5 Å². The van der Waals surface area contributed by atoms with Gasteiger partial charge in [-0.2, -0.15) is 0 Å². The van der Waals surface area contributed by atoms with E-state index in [2.05, 4.69) is 34.6 Å². The Labute approximate surface area is 123 Å². The summed E-state index contributed by atoms with van der Waals surface area (Å²) in [5, 5.41) is 14.0. The molecule has 4 nitrogen and oxygen atoms in total. The predicted octanol–water partition coefficient (Wildman–Crippen LogP) is 2.86. The van der Waals surface area contributed by atoms with Crippen LogP contribution in [0.3, 0.4) is 0 Å². The van der Waals surface area contributed by atoms with Gasteiger partial charge in [0.15, 0.2) is 0 Å². The first-order valence-electron chi connectivity index (χ1n) is 7.06. The molecule has 0 bridgehead atoms. The third kappa shape index (κ3) is 3.23. The summed E-state index contributed by atoms with van der Waals surface area (Å²) in [4.78, 5) is 0. The summed E-state index contributed by atoms with van der Waals surface area (Å²) in [7, 11) is 0. The molecule has 20 heavy (non-hydrogen) atoms. The number of aromatic nitrogens is 2. The van der Waals surface area contributed by atoms with E-state index in [-0.39, 0.29) is 0 Å². The molecule has 1 aliphatic heterocycles. The zero-order valence-electron chi connectivity index (χ0n) is 11.6. The van der Waals surface area contributed by atoms with Gasteiger partial charge in [0.2, 0.25) is 0 Å². The maximum Gasteiger partial charge on any atom is 0.147 e. The van der Waals surface area contributed by atoms with Crippen molar-refractivity contribution in [2.75, 3.05) is 6.61 Å². The van der Waals surface area contributed by atoms with Crippen LogP contribution in [0.4, 0.5) is 0 Å². The van der Waals surface area contributed by atoms with Crippen LogP contribution in [0.15, 0.2) is 30.3 Å². The van der Waals surface area contributed by atoms with E-state index in [9.17, 15) is 0 Å². The molecule has 1 saturated heterocycles. The van der Waals surface area contributed by atoms with Crippen LogP contribution in [-0.4, -0.2) is 29.0 Å². The van der Waals surface area contributed by atoms with Gasteiger partial charge < -0.3 is 10.1 Å². The third-order valence-corrected chi connectivity index (χ3v) is 4.56. The normalized spacial score (nSPS) is 20.1. The summed E-state index contributed by atoms with van der Waals surface area (Å²) in [6.07, 6.45) is 2.67. The van der Waals surface area contributed by atoms with E-state index >= 15 is 0 Å². The second-order valence-corrected chi connectivity index (χ2v) is 6.15. The average molecular weight is 289 g/mol. The van der Waals surface area contributed by atoms with Crippen LogP contribution in [0.25, 0.3) is 10.6 Å². The van der Waals surface area contributed by atoms with Crippen LogP contribution in [0, 0.1) is 0 Å². The number of nitrogens with one attached hydrogen (secondary N) is 1. The van der Waals surface area contributed by atoms with Gasteiger partial charge in [-0.05, 0) is 19.8 Å². The molecule has 1 N–H and O–H groups in total. The molecule has 0 saturated carbocycles. The maximum atomic E-state index is 5.68. The number of benzene rings is 1. The molecule has 2 aromatic rings. The van der Waals surface area contributed by atoms with E-state index in [4.69, 9.17) is 4.74 Å². The smallest absolute Gasteiger partial charge is 0.147 e. The molecule has 3 rings (SSSR count). The van der Waals surface area contributed by atoms with E-state index in [1.54, 1.807) is 11.3 Å². The van der Waals surface area contributed by atoms with Gasteiger partial charge in [-0.15, -0.1) is 10.2 Å². The number of ether oxygens (including phenoxy) is 1. The molecule has 0 aliphatic carbocycles. The van der Waals surface area contributed by atoms with Gasteiger partial charge in [-0.3, -0.25) is 0 Å². The van der Waals surface area contributed by atoms with E-state index in [1.165, 1.54) is 6.42 Å². The van der Waals surface area contributed by atoms with Crippen molar-refractivity contribution < 1.29 is 4.74 Å². The number of hydrogen-bond acceptors (Lipinski definition) is 5. The second kappa shape index (κ2) is 6.43. The highest BCUT2D eigenvalue weighted by molar-refractivity contribution is 7.14. The van der Waals surface area contributed by atoms with Crippen LogP contribution in [0.2, 0.25) is 0 Å². The van der Waals surface area contributed by atoms with Crippen LogP contribution in [0.1, 0.15) is 24.8 Å². The molecule has 106 valence electrons. The molecular formula is C15H19N3OS. The predicted molar refractivity (Wildman–Crippen MR) is 80.6 cm³/mol. The van der Waals surface area contributed by atoms with Crippen molar-refractivity contribution in [3.8, 4) is 10.6 Å². The van der Waals surface area contributed by atoms with Gasteiger partial charge in [0.05, 0.1) is 12.6 Å². The Morgan fingerprint density at radius 2 is 2.20 bits per heavy atom. The van der Waals surface area contributed by atoms with Gasteiger partial charge >= 0.3 is 0 Å². The Morgan fingerprint density at radius 3 is 2.95 bits per heavy atom. The topological polar surface area (TPSA) is 47.0 Å². The maximum absolute atomic E-state index is 5.68. The van der Waals surface area contributed by atoms with Gasteiger partial charge in [-0.1, -0.05) is 41.7 Å². The van der Waals surface area contributed by atoms with E-state index in [0.29, 0.717) is 12.1 Å². The van der Waals surface area contributed by atoms with Crippen molar-refractivity contribution in [2.24, 2.45) is 0 Å². The molecule has 1 aromatic heterocycles. The fraction of sp³-hybridized carbons (Fsp3) is 0.467. The molecule has 5 heteroatoms. The minimum Gasteiger partial charge on any atom is -0.377 e. The molecule has 0 spiro atoms. The van der Waals surface area contributed by atoms with Crippen LogP contribution >= 0.6 is 11.3 Å². The number of nitrogens with zero attached hydrogens (tertiary/aromatic N) is 2. The van der Waals surface area contributed by atoms with Crippen molar-refractivity contribution >= 4 is 11.3 Å². The zero-order valence-corrected chi connectivity index (χ0v) is 12.4. The lowest BCUT2D eigenvalue weighted by Gasteiger charge is -2.19. The summed E-state index contributed by atoms with van der Waals surface area (Å²) >= 11 is 1.64. The molecule has 1 fully saturated rings. The molecule has 1 aromatic carbocycles. The second-order valence-electron chi connectivity index (χ2n) is 5.09. The lowest BCUT2D eigenvalue weighted by atomic mass is 10.1. The van der Waals surface area contributed by atoms with Crippen LogP contribution in [-0.2, 0) is 11.3 Å². The molecular weight excluding hydrogens is 270 g/mol. The van der Waals surface area contributed by atoms with E-state index < -0.39 is 0 Å². The van der Waals surface area contributed by atoms with Crippen LogP contribution in [0.5, 0.6) is 0 Å². The zero-order chi connectivity index (χ0) is 13.8. The van der Waals surface area contributed by atoms with Gasteiger partial charge in [-0.25, -0.2) is 0 Å². The largest absolute Gasteiger partial charge is 0.377 e. The lowest BCUT2D eigenvalue weighted by molar-refractivity contribution is 0.0832. The summed E-state index contributed by atoms with van der Waals surface area (Å²) in [5.74, 6) is 0. The Balaban J connectivity index is 1.57. The van der Waals surface area contributed by atoms with Gasteiger partial charge in [0, 0.05) is 18.2 Å². The first-order chi connectivity index (χ1) is 9.83. The molecule has 0 radical (unpaired) electrons. The monoisotopic (exact) mass is 289 g/mol. The van der Waals surface area contributed by atoms with Crippen molar-refractivity contribution in [1.29, 1.82) is 0 Å². The summed E-state index contributed by atoms with van der Waals surface area (Å²) in [6.45, 7) is 3.83. The quantitative estimate of drug-likeness (QED) is 0.919. The van der Waals surface area contributed by atoms with Gasteiger partial charge in [0.25, 0.3) is 0 Å². The highest BCUT2D eigenvalue weighted by Crippen LogP contribution is 2.23. The van der Waals surface area contributed by atoms with Crippen molar-refractivity contribution in [3.05, 3.63) is 35.3 Å². The van der Waals surface area contributed by atoms with Crippen molar-refractivity contribution in [3.63, 3.8) is 0 Å².